The van der Waals surface area contributed by atoms with E-state index in [1.54, 1.807) is 44.4 Å². The Morgan fingerprint density at radius 3 is 2.73 bits per heavy atom. The molecular weight excluding hydrogens is 339 g/mol. The lowest BCUT2D eigenvalue weighted by atomic mass is 10.2. The van der Waals surface area contributed by atoms with Crippen LogP contribution in [0.25, 0.3) is 0 Å². The van der Waals surface area contributed by atoms with Gasteiger partial charge in [-0.15, -0.1) is 0 Å². The third kappa shape index (κ3) is 5.47. The van der Waals surface area contributed by atoms with Crippen molar-refractivity contribution in [2.24, 2.45) is 5.16 Å². The van der Waals surface area contributed by atoms with Crippen LogP contribution in [0.5, 0.6) is 11.5 Å². The molecule has 6 nitrogen and oxygen atoms in total. The third-order valence-corrected chi connectivity index (χ3v) is 3.42. The predicted octanol–water partition coefficient (Wildman–Crippen LogP) is 3.53. The number of methoxy groups -OCH3 is 1. The SMILES string of the molecule is CCOc1ccc(/C=N\OCC(=O)Nc2ccc(C)c(F)c2)cc1OC. The average molecular weight is 360 g/mol. The van der Waals surface area contributed by atoms with Gasteiger partial charge in [0.2, 0.25) is 0 Å². The van der Waals surface area contributed by atoms with E-state index >= 15 is 0 Å². The second kappa shape index (κ2) is 9.41. The van der Waals surface area contributed by atoms with Crippen LogP contribution in [0.1, 0.15) is 18.1 Å². The van der Waals surface area contributed by atoms with Crippen molar-refractivity contribution in [1.29, 1.82) is 0 Å². The highest BCUT2D eigenvalue weighted by Crippen LogP contribution is 2.27. The smallest absolute Gasteiger partial charge is 0.265 e. The fourth-order valence-electron chi connectivity index (χ4n) is 2.10. The number of ether oxygens (including phenoxy) is 2. The van der Waals surface area contributed by atoms with E-state index in [0.717, 1.165) is 5.56 Å². The summed E-state index contributed by atoms with van der Waals surface area (Å²) < 4.78 is 24.1. The van der Waals surface area contributed by atoms with Gasteiger partial charge >= 0.3 is 0 Å². The van der Waals surface area contributed by atoms with Crippen molar-refractivity contribution in [2.75, 3.05) is 25.6 Å². The molecule has 0 heterocycles. The van der Waals surface area contributed by atoms with Gasteiger partial charge in [0.1, 0.15) is 5.82 Å². The summed E-state index contributed by atoms with van der Waals surface area (Å²) in [5, 5.41) is 6.28. The van der Waals surface area contributed by atoms with Gasteiger partial charge in [-0.1, -0.05) is 11.2 Å². The van der Waals surface area contributed by atoms with Gasteiger partial charge < -0.3 is 19.6 Å². The monoisotopic (exact) mass is 360 g/mol. The molecule has 7 heteroatoms. The molecule has 0 atom stereocenters. The van der Waals surface area contributed by atoms with Gasteiger partial charge in [0.05, 0.1) is 19.9 Å². The van der Waals surface area contributed by atoms with E-state index in [1.807, 2.05) is 6.92 Å². The molecule has 2 aromatic rings. The maximum Gasteiger partial charge on any atom is 0.265 e. The van der Waals surface area contributed by atoms with Gasteiger partial charge in [0, 0.05) is 11.3 Å². The standard InChI is InChI=1S/C19H21FN2O4/c1-4-25-17-8-6-14(9-18(17)24-3)11-21-26-12-19(23)22-15-7-5-13(2)16(20)10-15/h5-11H,4,12H2,1-3H3,(H,22,23)/b21-11-. The molecule has 1 N–H and O–H groups in total. The minimum Gasteiger partial charge on any atom is -0.493 e. The van der Waals surface area contributed by atoms with Crippen LogP contribution in [0.2, 0.25) is 0 Å². The zero-order valence-electron chi connectivity index (χ0n) is 14.9. The molecule has 2 aromatic carbocycles. The fraction of sp³-hybridized carbons (Fsp3) is 0.263. The highest BCUT2D eigenvalue weighted by Gasteiger charge is 2.06. The second-order valence-electron chi connectivity index (χ2n) is 5.36. The number of rotatable bonds is 8. The highest BCUT2D eigenvalue weighted by atomic mass is 19.1. The van der Waals surface area contributed by atoms with Gasteiger partial charge in [-0.05, 0) is 49.7 Å². The lowest BCUT2D eigenvalue weighted by Gasteiger charge is -2.09. The van der Waals surface area contributed by atoms with Crippen LogP contribution in [-0.2, 0) is 9.63 Å². The first-order chi connectivity index (χ1) is 12.5. The number of benzene rings is 2. The van der Waals surface area contributed by atoms with Crippen LogP contribution in [-0.4, -0.2) is 32.4 Å². The number of aryl methyl sites for hydroxylation is 1. The van der Waals surface area contributed by atoms with Crippen LogP contribution in [0.15, 0.2) is 41.6 Å². The van der Waals surface area contributed by atoms with E-state index in [0.29, 0.717) is 29.4 Å². The lowest BCUT2D eigenvalue weighted by Crippen LogP contribution is -2.17. The first-order valence-electron chi connectivity index (χ1n) is 8.05. The van der Waals surface area contributed by atoms with Crippen LogP contribution in [0.4, 0.5) is 10.1 Å². The Balaban J connectivity index is 1.86. The van der Waals surface area contributed by atoms with Gasteiger partial charge in [-0.3, -0.25) is 4.79 Å². The number of oxime groups is 1. The number of hydrogen-bond donors (Lipinski definition) is 1. The summed E-state index contributed by atoms with van der Waals surface area (Å²) in [7, 11) is 1.55. The van der Waals surface area contributed by atoms with Gasteiger partial charge in [0.15, 0.2) is 18.1 Å². The molecule has 0 saturated carbocycles. The fourth-order valence-corrected chi connectivity index (χ4v) is 2.10. The predicted molar refractivity (Wildman–Crippen MR) is 97.5 cm³/mol. The quantitative estimate of drug-likeness (QED) is 0.578. The molecule has 26 heavy (non-hydrogen) atoms. The van der Waals surface area contributed by atoms with Crippen molar-refractivity contribution in [1.82, 2.24) is 0 Å². The van der Waals surface area contributed by atoms with Gasteiger partial charge in [0.25, 0.3) is 5.91 Å². The summed E-state index contributed by atoms with van der Waals surface area (Å²) in [5.41, 5.74) is 1.60. The minimum absolute atomic E-state index is 0.292. The topological polar surface area (TPSA) is 69.2 Å². The number of carbonyl (C=O) groups is 1. The van der Waals surface area contributed by atoms with E-state index in [9.17, 15) is 9.18 Å². The van der Waals surface area contributed by atoms with Crippen LogP contribution in [0.3, 0.4) is 0 Å². The van der Waals surface area contributed by atoms with Crippen LogP contribution in [0, 0.1) is 12.7 Å². The largest absolute Gasteiger partial charge is 0.493 e. The Hall–Kier alpha value is -3.09. The van der Waals surface area contributed by atoms with Crippen molar-refractivity contribution in [3.8, 4) is 11.5 Å². The van der Waals surface area contributed by atoms with Gasteiger partial charge in [-0.25, -0.2) is 4.39 Å². The highest BCUT2D eigenvalue weighted by molar-refractivity contribution is 5.91. The van der Waals surface area contributed by atoms with Crippen molar-refractivity contribution in [3.63, 3.8) is 0 Å². The summed E-state index contributed by atoms with van der Waals surface area (Å²) in [6, 6.07) is 9.75. The summed E-state index contributed by atoms with van der Waals surface area (Å²) >= 11 is 0. The zero-order chi connectivity index (χ0) is 18.9. The maximum absolute atomic E-state index is 13.4. The zero-order valence-corrected chi connectivity index (χ0v) is 14.9. The number of nitrogens with one attached hydrogen (secondary N) is 1. The molecule has 2 rings (SSSR count). The molecule has 0 aliphatic rings. The second-order valence-corrected chi connectivity index (χ2v) is 5.36. The number of nitrogens with zero attached hydrogens (tertiary/aromatic N) is 1. The Morgan fingerprint density at radius 2 is 2.04 bits per heavy atom. The summed E-state index contributed by atoms with van der Waals surface area (Å²) in [6.45, 7) is 3.78. The molecule has 0 fully saturated rings. The van der Waals surface area contributed by atoms with Crippen LogP contribution >= 0.6 is 0 Å². The molecule has 0 aromatic heterocycles. The molecule has 0 spiro atoms. The number of anilines is 1. The molecule has 0 aliphatic heterocycles. The summed E-state index contributed by atoms with van der Waals surface area (Å²) in [6.07, 6.45) is 1.46. The normalized spacial score (nSPS) is 10.6. The van der Waals surface area contributed by atoms with E-state index in [2.05, 4.69) is 10.5 Å². The molecule has 0 bridgehead atoms. The Kier molecular flexibility index (Phi) is 6.96. The van der Waals surface area contributed by atoms with Crippen molar-refractivity contribution in [3.05, 3.63) is 53.3 Å². The van der Waals surface area contributed by atoms with E-state index in [1.165, 1.54) is 12.3 Å². The number of halogens is 1. The third-order valence-electron chi connectivity index (χ3n) is 3.42. The molecule has 1 amide bonds. The maximum atomic E-state index is 13.4. The van der Waals surface area contributed by atoms with Gasteiger partial charge in [-0.2, -0.15) is 0 Å². The Labute approximate surface area is 151 Å². The Bertz CT molecular complexity index is 793. The van der Waals surface area contributed by atoms with E-state index < -0.39 is 5.91 Å². The average Bonchev–Trinajstić information content (AvgIpc) is 2.63. The van der Waals surface area contributed by atoms with Crippen molar-refractivity contribution in [2.45, 2.75) is 13.8 Å². The number of hydrogen-bond acceptors (Lipinski definition) is 5. The summed E-state index contributed by atoms with van der Waals surface area (Å²) in [5.74, 6) is 0.397. The molecule has 0 unspecified atom stereocenters. The first kappa shape index (κ1) is 19.2. The number of amides is 1. The number of carbonyl (C=O) groups excluding carboxylic acids is 1. The molecule has 0 saturated heterocycles. The Morgan fingerprint density at radius 1 is 1.23 bits per heavy atom. The van der Waals surface area contributed by atoms with E-state index in [4.69, 9.17) is 14.3 Å². The molecule has 138 valence electrons. The first-order valence-corrected chi connectivity index (χ1v) is 8.05. The lowest BCUT2D eigenvalue weighted by molar-refractivity contribution is -0.120. The minimum atomic E-state index is -0.435. The molecule has 0 radical (unpaired) electrons. The van der Waals surface area contributed by atoms with Crippen LogP contribution < -0.4 is 14.8 Å². The van der Waals surface area contributed by atoms with Crippen molar-refractivity contribution >= 4 is 17.8 Å². The molecule has 0 aliphatic carbocycles. The van der Waals surface area contributed by atoms with Crippen molar-refractivity contribution < 1.29 is 23.5 Å². The van der Waals surface area contributed by atoms with E-state index in [-0.39, 0.29) is 12.4 Å². The summed E-state index contributed by atoms with van der Waals surface area (Å²) in [4.78, 5) is 16.7. The molecular formula is C19H21FN2O4.